The summed E-state index contributed by atoms with van der Waals surface area (Å²) < 4.78 is 13.6. The van der Waals surface area contributed by atoms with Crippen LogP contribution in [0, 0.1) is 5.82 Å². The summed E-state index contributed by atoms with van der Waals surface area (Å²) in [7, 11) is 2.08. The first-order valence-corrected chi connectivity index (χ1v) is 7.60. The molecule has 0 bridgehead atoms. The zero-order chi connectivity index (χ0) is 16.3. The van der Waals surface area contributed by atoms with Crippen molar-refractivity contribution in [1.82, 2.24) is 10.2 Å². The summed E-state index contributed by atoms with van der Waals surface area (Å²) in [5, 5.41) is 12.0. The number of nitrogens with one attached hydrogen (secondary N) is 1. The van der Waals surface area contributed by atoms with Crippen LogP contribution in [0.25, 0.3) is 0 Å². The smallest absolute Gasteiger partial charge is 0.249 e. The summed E-state index contributed by atoms with van der Waals surface area (Å²) in [6.07, 6.45) is -1.08. The van der Waals surface area contributed by atoms with Crippen molar-refractivity contribution in [2.75, 3.05) is 38.1 Å². The molecule has 1 aromatic rings. The number of anilines is 1. The predicted molar refractivity (Wildman–Crippen MR) is 84.3 cm³/mol. The number of halogens is 1. The van der Waals surface area contributed by atoms with Crippen LogP contribution in [-0.2, 0) is 4.79 Å². The Hall–Kier alpha value is -1.66. The molecule has 1 aromatic carbocycles. The maximum absolute atomic E-state index is 13.6. The molecule has 0 radical (unpaired) electrons. The lowest BCUT2D eigenvalue weighted by molar-refractivity contribution is -0.129. The van der Waals surface area contributed by atoms with E-state index in [2.05, 4.69) is 22.2 Å². The number of amides is 1. The first-order valence-electron chi connectivity index (χ1n) is 7.60. The van der Waals surface area contributed by atoms with E-state index in [-0.39, 0.29) is 11.9 Å². The summed E-state index contributed by atoms with van der Waals surface area (Å²) in [5.41, 5.74) is 1.67. The first kappa shape index (κ1) is 16.7. The highest BCUT2D eigenvalue weighted by atomic mass is 19.1. The SMILES string of the molecule is CC(O)C(=O)NC(C)c1cc(F)ccc1N1CCN(C)CC1. The van der Waals surface area contributed by atoms with Crippen molar-refractivity contribution in [3.05, 3.63) is 29.6 Å². The quantitative estimate of drug-likeness (QED) is 0.876. The van der Waals surface area contributed by atoms with Gasteiger partial charge in [0.2, 0.25) is 5.91 Å². The lowest BCUT2D eigenvalue weighted by Gasteiger charge is -2.36. The van der Waals surface area contributed by atoms with Crippen LogP contribution in [0.4, 0.5) is 10.1 Å². The molecule has 1 aliphatic rings. The zero-order valence-electron chi connectivity index (χ0n) is 13.3. The number of likely N-dealkylation sites (N-methyl/N-ethyl adjacent to an activating group) is 1. The number of benzene rings is 1. The Morgan fingerprint density at radius 2 is 1.91 bits per heavy atom. The van der Waals surface area contributed by atoms with Crippen molar-refractivity contribution in [2.45, 2.75) is 26.0 Å². The molecule has 1 saturated heterocycles. The van der Waals surface area contributed by atoms with E-state index < -0.39 is 12.0 Å². The first-order chi connectivity index (χ1) is 10.4. The van der Waals surface area contributed by atoms with E-state index in [9.17, 15) is 14.3 Å². The second-order valence-electron chi connectivity index (χ2n) is 5.90. The number of nitrogens with zero attached hydrogens (tertiary/aromatic N) is 2. The van der Waals surface area contributed by atoms with Crippen molar-refractivity contribution in [1.29, 1.82) is 0 Å². The molecule has 1 amide bonds. The Morgan fingerprint density at radius 3 is 2.50 bits per heavy atom. The Kier molecular flexibility index (Phi) is 5.37. The van der Waals surface area contributed by atoms with Gasteiger partial charge in [-0.25, -0.2) is 4.39 Å². The molecule has 0 aromatic heterocycles. The fraction of sp³-hybridized carbons (Fsp3) is 0.562. The minimum atomic E-state index is -1.08. The number of rotatable bonds is 4. The topological polar surface area (TPSA) is 55.8 Å². The van der Waals surface area contributed by atoms with Gasteiger partial charge in [-0.05, 0) is 39.1 Å². The molecule has 122 valence electrons. The van der Waals surface area contributed by atoms with Crippen molar-refractivity contribution < 1.29 is 14.3 Å². The van der Waals surface area contributed by atoms with Gasteiger partial charge in [0.25, 0.3) is 0 Å². The van der Waals surface area contributed by atoms with Gasteiger partial charge >= 0.3 is 0 Å². The standard InChI is InChI=1S/C16H24FN3O2/c1-11(18-16(22)12(2)21)14-10-13(17)4-5-15(14)20-8-6-19(3)7-9-20/h4-5,10-12,21H,6-9H2,1-3H3,(H,18,22). The van der Waals surface area contributed by atoms with Crippen molar-refractivity contribution in [3.8, 4) is 0 Å². The van der Waals surface area contributed by atoms with Gasteiger partial charge < -0.3 is 20.2 Å². The minimum absolute atomic E-state index is 0.328. The van der Waals surface area contributed by atoms with Gasteiger partial charge in [-0.15, -0.1) is 0 Å². The molecule has 1 heterocycles. The van der Waals surface area contributed by atoms with E-state index in [0.717, 1.165) is 37.4 Å². The third-order valence-electron chi connectivity index (χ3n) is 4.04. The molecule has 2 N–H and O–H groups in total. The van der Waals surface area contributed by atoms with Gasteiger partial charge in [-0.3, -0.25) is 4.79 Å². The van der Waals surface area contributed by atoms with Crippen LogP contribution >= 0.6 is 0 Å². The van der Waals surface area contributed by atoms with Gasteiger partial charge in [0, 0.05) is 37.4 Å². The van der Waals surface area contributed by atoms with Gasteiger partial charge in [0.05, 0.1) is 6.04 Å². The van der Waals surface area contributed by atoms with Crippen LogP contribution in [0.2, 0.25) is 0 Å². The molecule has 6 heteroatoms. The number of carbonyl (C=O) groups excluding carboxylic acids is 1. The van der Waals surface area contributed by atoms with E-state index in [1.165, 1.54) is 19.1 Å². The number of aliphatic hydroxyl groups is 1. The molecule has 0 saturated carbocycles. The molecule has 5 nitrogen and oxygen atoms in total. The second-order valence-corrected chi connectivity index (χ2v) is 5.90. The van der Waals surface area contributed by atoms with Crippen molar-refractivity contribution in [3.63, 3.8) is 0 Å². The molecule has 2 unspecified atom stereocenters. The number of piperazine rings is 1. The largest absolute Gasteiger partial charge is 0.384 e. The van der Waals surface area contributed by atoms with Crippen LogP contribution in [-0.4, -0.2) is 55.2 Å². The Balaban J connectivity index is 2.22. The Morgan fingerprint density at radius 1 is 1.27 bits per heavy atom. The third-order valence-corrected chi connectivity index (χ3v) is 4.04. The van der Waals surface area contributed by atoms with Gasteiger partial charge in [-0.1, -0.05) is 0 Å². The summed E-state index contributed by atoms with van der Waals surface area (Å²) in [6, 6.07) is 4.30. The van der Waals surface area contributed by atoms with Gasteiger partial charge in [0.15, 0.2) is 0 Å². The average molecular weight is 309 g/mol. The van der Waals surface area contributed by atoms with Gasteiger partial charge in [0.1, 0.15) is 11.9 Å². The summed E-state index contributed by atoms with van der Waals surface area (Å²) in [6.45, 7) is 6.85. The lowest BCUT2D eigenvalue weighted by Crippen LogP contribution is -2.45. The monoisotopic (exact) mass is 309 g/mol. The Labute approximate surface area is 130 Å². The molecular formula is C16H24FN3O2. The van der Waals surface area contributed by atoms with Crippen LogP contribution < -0.4 is 10.2 Å². The van der Waals surface area contributed by atoms with E-state index in [0.29, 0.717) is 0 Å². The lowest BCUT2D eigenvalue weighted by atomic mass is 10.0. The van der Waals surface area contributed by atoms with E-state index in [1.54, 1.807) is 13.0 Å². The number of carbonyl (C=O) groups is 1. The number of hydrogen-bond acceptors (Lipinski definition) is 4. The molecule has 22 heavy (non-hydrogen) atoms. The minimum Gasteiger partial charge on any atom is -0.384 e. The highest BCUT2D eigenvalue weighted by molar-refractivity contribution is 5.80. The highest BCUT2D eigenvalue weighted by Crippen LogP contribution is 2.28. The Bertz CT molecular complexity index is 528. The van der Waals surface area contributed by atoms with E-state index >= 15 is 0 Å². The summed E-state index contributed by atoms with van der Waals surface area (Å²) in [4.78, 5) is 16.1. The normalized spacial score (nSPS) is 18.9. The van der Waals surface area contributed by atoms with E-state index in [4.69, 9.17) is 0 Å². The third kappa shape index (κ3) is 3.96. The summed E-state index contributed by atoms with van der Waals surface area (Å²) >= 11 is 0. The van der Waals surface area contributed by atoms with Crippen LogP contribution in [0.15, 0.2) is 18.2 Å². The molecule has 2 atom stereocenters. The maximum Gasteiger partial charge on any atom is 0.249 e. The van der Waals surface area contributed by atoms with Crippen LogP contribution in [0.1, 0.15) is 25.5 Å². The highest BCUT2D eigenvalue weighted by Gasteiger charge is 2.22. The molecular weight excluding hydrogens is 285 g/mol. The zero-order valence-corrected chi connectivity index (χ0v) is 13.3. The predicted octanol–water partition coefficient (Wildman–Crippen LogP) is 1.14. The van der Waals surface area contributed by atoms with Gasteiger partial charge in [-0.2, -0.15) is 0 Å². The fourth-order valence-electron chi connectivity index (χ4n) is 2.62. The molecule has 0 aliphatic carbocycles. The molecule has 0 spiro atoms. The fourth-order valence-corrected chi connectivity index (χ4v) is 2.62. The molecule has 1 aliphatic heterocycles. The number of aliphatic hydroxyl groups excluding tert-OH is 1. The molecule has 2 rings (SSSR count). The van der Waals surface area contributed by atoms with Crippen LogP contribution in [0.5, 0.6) is 0 Å². The maximum atomic E-state index is 13.6. The average Bonchev–Trinajstić information content (AvgIpc) is 2.48. The number of hydrogen-bond donors (Lipinski definition) is 2. The van der Waals surface area contributed by atoms with Crippen LogP contribution in [0.3, 0.4) is 0 Å². The van der Waals surface area contributed by atoms with E-state index in [1.807, 2.05) is 0 Å². The molecule has 1 fully saturated rings. The second kappa shape index (κ2) is 7.07. The summed E-state index contributed by atoms with van der Waals surface area (Å²) in [5.74, 6) is -0.785. The van der Waals surface area contributed by atoms with Crippen molar-refractivity contribution in [2.24, 2.45) is 0 Å². The van der Waals surface area contributed by atoms with Crippen molar-refractivity contribution >= 4 is 11.6 Å².